The highest BCUT2D eigenvalue weighted by Crippen LogP contribution is 2.28. The minimum absolute atomic E-state index is 0.266. The zero-order valence-electron chi connectivity index (χ0n) is 16.3. The molecule has 0 bridgehead atoms. The number of carbonyl (C=O) groups excluding carboxylic acids is 3. The van der Waals surface area contributed by atoms with Crippen LogP contribution in [0.15, 0.2) is 24.3 Å². The van der Waals surface area contributed by atoms with Gasteiger partial charge in [0.1, 0.15) is 12.1 Å². The number of carboxylic acids is 1. The van der Waals surface area contributed by atoms with Gasteiger partial charge < -0.3 is 10.4 Å². The van der Waals surface area contributed by atoms with Gasteiger partial charge in [0.25, 0.3) is 11.8 Å². The van der Waals surface area contributed by atoms with Crippen LogP contribution >= 0.6 is 11.8 Å². The SMILES string of the molecule is CCSCCC(NC(=O)C(C(C)CC)N1C(=O)c2ccccc2C1=O)C(=O)O. The Labute approximate surface area is 168 Å². The summed E-state index contributed by atoms with van der Waals surface area (Å²) in [6.45, 7) is 5.60. The molecule has 0 aromatic heterocycles. The van der Waals surface area contributed by atoms with Crippen LogP contribution in [0.1, 0.15) is 54.3 Å². The number of hydrogen-bond acceptors (Lipinski definition) is 5. The summed E-state index contributed by atoms with van der Waals surface area (Å²) in [6.07, 6.45) is 0.823. The summed E-state index contributed by atoms with van der Waals surface area (Å²) in [5.74, 6) is -1.65. The minimum atomic E-state index is -1.13. The lowest BCUT2D eigenvalue weighted by Gasteiger charge is -2.30. The van der Waals surface area contributed by atoms with Crippen LogP contribution in [0.2, 0.25) is 0 Å². The van der Waals surface area contributed by atoms with Crippen LogP contribution in [0.25, 0.3) is 0 Å². The molecule has 0 aliphatic carbocycles. The van der Waals surface area contributed by atoms with Crippen molar-refractivity contribution in [3.05, 3.63) is 35.4 Å². The van der Waals surface area contributed by atoms with E-state index in [1.807, 2.05) is 13.8 Å². The van der Waals surface area contributed by atoms with E-state index in [1.165, 1.54) is 0 Å². The zero-order chi connectivity index (χ0) is 20.8. The number of carbonyl (C=O) groups is 4. The van der Waals surface area contributed by atoms with E-state index in [0.29, 0.717) is 12.2 Å². The monoisotopic (exact) mass is 406 g/mol. The first-order chi connectivity index (χ1) is 13.3. The van der Waals surface area contributed by atoms with Gasteiger partial charge in [-0.05, 0) is 36.0 Å². The molecule has 3 amide bonds. The Morgan fingerprint density at radius 3 is 2.18 bits per heavy atom. The molecule has 28 heavy (non-hydrogen) atoms. The Kier molecular flexibility index (Phi) is 7.62. The molecule has 2 rings (SSSR count). The van der Waals surface area contributed by atoms with Crippen molar-refractivity contribution in [2.24, 2.45) is 5.92 Å². The van der Waals surface area contributed by atoms with E-state index in [1.54, 1.807) is 43.0 Å². The molecule has 1 aromatic rings. The average Bonchev–Trinajstić information content (AvgIpc) is 2.92. The molecular weight excluding hydrogens is 380 g/mol. The first-order valence-electron chi connectivity index (χ1n) is 9.41. The maximum atomic E-state index is 13.0. The largest absolute Gasteiger partial charge is 0.480 e. The Hall–Kier alpha value is -2.35. The number of imide groups is 1. The Bertz CT molecular complexity index is 732. The molecule has 7 nitrogen and oxygen atoms in total. The van der Waals surface area contributed by atoms with Crippen LogP contribution in [0.3, 0.4) is 0 Å². The maximum Gasteiger partial charge on any atom is 0.326 e. The molecule has 152 valence electrons. The van der Waals surface area contributed by atoms with E-state index >= 15 is 0 Å². The molecule has 0 saturated heterocycles. The maximum absolute atomic E-state index is 13.0. The zero-order valence-corrected chi connectivity index (χ0v) is 17.1. The fourth-order valence-corrected chi connectivity index (χ4v) is 3.86. The quantitative estimate of drug-likeness (QED) is 0.457. The number of benzene rings is 1. The summed E-state index contributed by atoms with van der Waals surface area (Å²) in [7, 11) is 0. The van der Waals surface area contributed by atoms with Gasteiger partial charge in [0, 0.05) is 0 Å². The van der Waals surface area contributed by atoms with E-state index < -0.39 is 35.8 Å². The second-order valence-corrected chi connectivity index (χ2v) is 8.14. The van der Waals surface area contributed by atoms with Crippen LogP contribution in [0.5, 0.6) is 0 Å². The minimum Gasteiger partial charge on any atom is -0.480 e. The van der Waals surface area contributed by atoms with E-state index in [4.69, 9.17) is 0 Å². The molecule has 0 fully saturated rings. The van der Waals surface area contributed by atoms with Gasteiger partial charge in [0.05, 0.1) is 11.1 Å². The standard InChI is InChI=1S/C20H26N2O5S/c1-4-12(3)16(17(23)21-15(20(26)27)10-11-28-5-2)22-18(24)13-8-6-7-9-14(13)19(22)25/h6-9,12,15-16H,4-5,10-11H2,1-3H3,(H,21,23)(H,26,27). The molecular formula is C20H26N2O5S. The summed E-state index contributed by atoms with van der Waals surface area (Å²) in [5.41, 5.74) is 0.533. The smallest absolute Gasteiger partial charge is 0.326 e. The first kappa shape index (κ1) is 21.9. The molecule has 0 spiro atoms. The third-order valence-corrected chi connectivity index (χ3v) is 5.86. The fraction of sp³-hybridized carbons (Fsp3) is 0.500. The number of aliphatic carboxylic acids is 1. The van der Waals surface area contributed by atoms with Crippen molar-refractivity contribution in [1.29, 1.82) is 0 Å². The van der Waals surface area contributed by atoms with E-state index in [0.717, 1.165) is 10.7 Å². The Balaban J connectivity index is 2.26. The lowest BCUT2D eigenvalue weighted by atomic mass is 9.96. The number of fused-ring (bicyclic) bond motifs is 1. The first-order valence-corrected chi connectivity index (χ1v) is 10.6. The summed E-state index contributed by atoms with van der Waals surface area (Å²) in [5, 5.41) is 12.0. The summed E-state index contributed by atoms with van der Waals surface area (Å²) in [6, 6.07) is 4.33. The molecule has 3 atom stereocenters. The second kappa shape index (κ2) is 9.73. The molecule has 0 saturated carbocycles. The third kappa shape index (κ3) is 4.55. The number of nitrogens with one attached hydrogen (secondary N) is 1. The van der Waals surface area contributed by atoms with Gasteiger partial charge in [-0.25, -0.2) is 4.79 Å². The lowest BCUT2D eigenvalue weighted by Crippen LogP contribution is -2.55. The van der Waals surface area contributed by atoms with E-state index in [9.17, 15) is 24.3 Å². The molecule has 1 heterocycles. The number of thioether (sulfide) groups is 1. The van der Waals surface area contributed by atoms with Crippen molar-refractivity contribution >= 4 is 35.5 Å². The van der Waals surface area contributed by atoms with Gasteiger partial charge in [-0.3, -0.25) is 19.3 Å². The Morgan fingerprint density at radius 2 is 1.71 bits per heavy atom. The van der Waals surface area contributed by atoms with Crippen molar-refractivity contribution in [3.8, 4) is 0 Å². The van der Waals surface area contributed by atoms with Gasteiger partial charge >= 0.3 is 5.97 Å². The second-order valence-electron chi connectivity index (χ2n) is 6.74. The van der Waals surface area contributed by atoms with E-state index in [-0.39, 0.29) is 23.5 Å². The topological polar surface area (TPSA) is 104 Å². The molecule has 1 aliphatic rings. The Morgan fingerprint density at radius 1 is 1.14 bits per heavy atom. The van der Waals surface area contributed by atoms with Gasteiger partial charge in [-0.15, -0.1) is 0 Å². The number of hydrogen-bond donors (Lipinski definition) is 2. The number of amides is 3. The molecule has 1 aliphatic heterocycles. The van der Waals surface area contributed by atoms with Crippen molar-refractivity contribution in [3.63, 3.8) is 0 Å². The van der Waals surface area contributed by atoms with Gasteiger partial charge in [-0.2, -0.15) is 11.8 Å². The molecule has 8 heteroatoms. The average molecular weight is 407 g/mol. The van der Waals surface area contributed by atoms with Crippen molar-refractivity contribution in [1.82, 2.24) is 10.2 Å². The predicted molar refractivity (Wildman–Crippen MR) is 107 cm³/mol. The lowest BCUT2D eigenvalue weighted by molar-refractivity contribution is -0.142. The van der Waals surface area contributed by atoms with E-state index in [2.05, 4.69) is 5.32 Å². The fourth-order valence-electron chi connectivity index (χ4n) is 3.17. The van der Waals surface area contributed by atoms with Crippen LogP contribution < -0.4 is 5.32 Å². The summed E-state index contributed by atoms with van der Waals surface area (Å²) < 4.78 is 0. The van der Waals surface area contributed by atoms with Crippen molar-refractivity contribution in [2.45, 2.75) is 45.7 Å². The summed E-state index contributed by atoms with van der Waals surface area (Å²) in [4.78, 5) is 51.1. The molecule has 1 aromatic carbocycles. The van der Waals surface area contributed by atoms with Crippen LogP contribution in [-0.4, -0.2) is 57.3 Å². The van der Waals surface area contributed by atoms with Crippen molar-refractivity contribution in [2.75, 3.05) is 11.5 Å². The highest BCUT2D eigenvalue weighted by molar-refractivity contribution is 7.99. The molecule has 3 unspecified atom stereocenters. The van der Waals surface area contributed by atoms with Crippen molar-refractivity contribution < 1.29 is 24.3 Å². The van der Waals surface area contributed by atoms with Crippen LogP contribution in [-0.2, 0) is 9.59 Å². The molecule has 0 radical (unpaired) electrons. The summed E-state index contributed by atoms with van der Waals surface area (Å²) >= 11 is 1.58. The highest BCUT2D eigenvalue weighted by atomic mass is 32.2. The highest BCUT2D eigenvalue weighted by Gasteiger charge is 2.45. The third-order valence-electron chi connectivity index (χ3n) is 4.92. The number of nitrogens with zero attached hydrogens (tertiary/aromatic N) is 1. The predicted octanol–water partition coefficient (Wildman–Crippen LogP) is 2.41. The van der Waals surface area contributed by atoms with Crippen LogP contribution in [0.4, 0.5) is 0 Å². The number of carboxylic acid groups (broad SMARTS) is 1. The van der Waals surface area contributed by atoms with Gasteiger partial charge in [0.15, 0.2) is 0 Å². The molecule has 2 N–H and O–H groups in total. The van der Waals surface area contributed by atoms with Gasteiger partial charge in [0.2, 0.25) is 5.91 Å². The normalized spacial score (nSPS) is 16.5. The van der Waals surface area contributed by atoms with Crippen LogP contribution in [0, 0.1) is 5.92 Å². The number of rotatable bonds is 10. The van der Waals surface area contributed by atoms with Gasteiger partial charge in [-0.1, -0.05) is 39.3 Å².